The number of hydrogen-bond donors (Lipinski definition) is 1. The van der Waals surface area contributed by atoms with Crippen LogP contribution in [0.25, 0.3) is 0 Å². The Morgan fingerprint density at radius 3 is 2.75 bits per heavy atom. The van der Waals surface area contributed by atoms with Gasteiger partial charge in [-0.05, 0) is 6.07 Å². The molecular formula is C14H20ClF2IN6. The molecule has 0 saturated heterocycles. The van der Waals surface area contributed by atoms with Gasteiger partial charge in [0.1, 0.15) is 5.82 Å². The third kappa shape index (κ3) is 5.07. The van der Waals surface area contributed by atoms with Gasteiger partial charge in [-0.3, -0.25) is 9.56 Å². The molecule has 2 rings (SSSR count). The summed E-state index contributed by atoms with van der Waals surface area (Å²) in [6, 6.07) is 1.87. The summed E-state index contributed by atoms with van der Waals surface area (Å²) in [4.78, 5) is 9.97. The van der Waals surface area contributed by atoms with Gasteiger partial charge >= 0.3 is 6.55 Å². The fourth-order valence-electron chi connectivity index (χ4n) is 2.24. The van der Waals surface area contributed by atoms with Crippen LogP contribution in [0.4, 0.5) is 8.78 Å². The minimum atomic E-state index is -2.61. The minimum absolute atomic E-state index is 0. The van der Waals surface area contributed by atoms with Crippen molar-refractivity contribution in [1.82, 2.24) is 24.3 Å². The first-order chi connectivity index (χ1) is 10.9. The summed E-state index contributed by atoms with van der Waals surface area (Å²) >= 11 is 5.97. The van der Waals surface area contributed by atoms with Crippen LogP contribution in [0.15, 0.2) is 29.6 Å². The lowest BCUT2D eigenvalue weighted by Gasteiger charge is -2.22. The first-order valence-corrected chi connectivity index (χ1v) is 7.32. The Bertz CT molecular complexity index is 685. The molecule has 0 amide bonds. The molecule has 0 aromatic carbocycles. The van der Waals surface area contributed by atoms with Crippen molar-refractivity contribution < 1.29 is 8.78 Å². The van der Waals surface area contributed by atoms with E-state index < -0.39 is 6.55 Å². The van der Waals surface area contributed by atoms with E-state index in [0.717, 1.165) is 10.3 Å². The number of hydrogen-bond acceptors (Lipinski definition) is 2. The second kappa shape index (κ2) is 9.21. The second-order valence-electron chi connectivity index (χ2n) is 5.05. The fraction of sp³-hybridized carbons (Fsp3) is 0.429. The lowest BCUT2D eigenvalue weighted by Crippen LogP contribution is -2.38. The third-order valence-corrected chi connectivity index (χ3v) is 3.62. The van der Waals surface area contributed by atoms with Crippen molar-refractivity contribution in [2.75, 3.05) is 14.1 Å². The third-order valence-electron chi connectivity index (χ3n) is 3.41. The second-order valence-corrected chi connectivity index (χ2v) is 5.48. The summed E-state index contributed by atoms with van der Waals surface area (Å²) in [5.41, 5.74) is 1.01. The highest BCUT2D eigenvalue weighted by molar-refractivity contribution is 14.0. The van der Waals surface area contributed by atoms with Crippen LogP contribution in [0.2, 0.25) is 5.02 Å². The number of nitrogens with zero attached hydrogens (tertiary/aromatic N) is 5. The van der Waals surface area contributed by atoms with Crippen molar-refractivity contribution in [3.8, 4) is 0 Å². The SMILES string of the molecule is CN=C(NCc1nccn1C(F)F)N(C)Cc1cc(Cl)cn1C.I. The molecule has 0 aliphatic carbocycles. The first kappa shape index (κ1) is 20.7. The molecule has 2 aromatic rings. The number of aryl methyl sites for hydroxylation is 1. The monoisotopic (exact) mass is 472 g/mol. The van der Waals surface area contributed by atoms with Gasteiger partial charge in [-0.1, -0.05) is 11.6 Å². The molecule has 0 bridgehead atoms. The number of halogens is 4. The van der Waals surface area contributed by atoms with E-state index in [1.807, 2.05) is 35.8 Å². The van der Waals surface area contributed by atoms with Crippen molar-refractivity contribution >= 4 is 41.5 Å². The number of alkyl halides is 2. The maximum atomic E-state index is 12.8. The zero-order chi connectivity index (χ0) is 17.0. The van der Waals surface area contributed by atoms with Crippen molar-refractivity contribution in [1.29, 1.82) is 0 Å². The van der Waals surface area contributed by atoms with E-state index in [4.69, 9.17) is 11.6 Å². The molecule has 24 heavy (non-hydrogen) atoms. The highest BCUT2D eigenvalue weighted by Crippen LogP contribution is 2.14. The Hall–Kier alpha value is -1.36. The number of imidazole rings is 1. The van der Waals surface area contributed by atoms with E-state index in [2.05, 4.69) is 15.3 Å². The Balaban J connectivity index is 0.00000288. The van der Waals surface area contributed by atoms with Crippen LogP contribution in [0.3, 0.4) is 0 Å². The molecule has 0 spiro atoms. The summed E-state index contributed by atoms with van der Waals surface area (Å²) in [6.45, 7) is -1.88. The van der Waals surface area contributed by atoms with E-state index in [9.17, 15) is 8.78 Å². The number of rotatable bonds is 5. The summed E-state index contributed by atoms with van der Waals surface area (Å²) in [5.74, 6) is 0.822. The number of aliphatic imine (C=N–C) groups is 1. The van der Waals surface area contributed by atoms with Gasteiger partial charge in [0.15, 0.2) is 5.96 Å². The first-order valence-electron chi connectivity index (χ1n) is 6.94. The molecule has 2 aromatic heterocycles. The van der Waals surface area contributed by atoms with E-state index in [-0.39, 0.29) is 36.3 Å². The van der Waals surface area contributed by atoms with E-state index in [1.54, 1.807) is 7.05 Å². The molecule has 0 radical (unpaired) electrons. The van der Waals surface area contributed by atoms with Crippen molar-refractivity contribution in [2.24, 2.45) is 12.0 Å². The van der Waals surface area contributed by atoms with Crippen LogP contribution >= 0.6 is 35.6 Å². The van der Waals surface area contributed by atoms with Crippen LogP contribution in [0.1, 0.15) is 18.1 Å². The quantitative estimate of drug-likeness (QED) is 0.413. The standard InChI is InChI=1S/C14H19ClF2N6.HI/c1-18-14(20-7-12-19-4-5-23(12)13(16)17)22(3)9-11-6-10(15)8-21(11)2;/h4-6,8,13H,7,9H2,1-3H3,(H,18,20);1H. The van der Waals surface area contributed by atoms with Gasteiger partial charge < -0.3 is 14.8 Å². The lowest BCUT2D eigenvalue weighted by atomic mass is 10.4. The molecule has 0 aliphatic rings. The number of guanidine groups is 1. The Morgan fingerprint density at radius 1 is 1.50 bits per heavy atom. The molecule has 0 aliphatic heterocycles. The van der Waals surface area contributed by atoms with Crippen LogP contribution in [-0.2, 0) is 20.1 Å². The highest BCUT2D eigenvalue weighted by Gasteiger charge is 2.14. The van der Waals surface area contributed by atoms with Gasteiger partial charge in [0.25, 0.3) is 0 Å². The molecule has 0 atom stereocenters. The molecule has 1 N–H and O–H groups in total. The van der Waals surface area contributed by atoms with E-state index in [0.29, 0.717) is 17.5 Å². The normalized spacial score (nSPS) is 11.5. The zero-order valence-electron chi connectivity index (χ0n) is 13.6. The maximum absolute atomic E-state index is 12.8. The molecular weight excluding hydrogens is 453 g/mol. The van der Waals surface area contributed by atoms with Crippen molar-refractivity contribution in [3.05, 3.63) is 41.2 Å². The summed E-state index contributed by atoms with van der Waals surface area (Å²) < 4.78 is 28.3. The largest absolute Gasteiger partial charge is 0.351 e. The van der Waals surface area contributed by atoms with Crippen LogP contribution in [0.5, 0.6) is 0 Å². The minimum Gasteiger partial charge on any atom is -0.351 e. The van der Waals surface area contributed by atoms with E-state index in [1.165, 1.54) is 12.4 Å². The summed E-state index contributed by atoms with van der Waals surface area (Å²) in [5, 5.41) is 3.70. The molecule has 0 fully saturated rings. The summed E-state index contributed by atoms with van der Waals surface area (Å²) in [6.07, 6.45) is 4.42. The number of nitrogens with one attached hydrogen (secondary N) is 1. The molecule has 0 saturated carbocycles. The average Bonchev–Trinajstić information content (AvgIpc) is 3.06. The number of aromatic nitrogens is 3. The zero-order valence-corrected chi connectivity index (χ0v) is 16.7. The highest BCUT2D eigenvalue weighted by atomic mass is 127. The Labute approximate surface area is 161 Å². The Kier molecular flexibility index (Phi) is 7.94. The van der Waals surface area contributed by atoms with Gasteiger partial charge in [0.2, 0.25) is 0 Å². The lowest BCUT2D eigenvalue weighted by molar-refractivity contribution is 0.0668. The average molecular weight is 473 g/mol. The predicted octanol–water partition coefficient (Wildman–Crippen LogP) is 3.10. The van der Waals surface area contributed by atoms with Crippen molar-refractivity contribution in [2.45, 2.75) is 19.6 Å². The van der Waals surface area contributed by atoms with Gasteiger partial charge in [-0.25, -0.2) is 4.98 Å². The Morgan fingerprint density at radius 2 is 2.21 bits per heavy atom. The van der Waals surface area contributed by atoms with Gasteiger partial charge in [0.05, 0.1) is 18.1 Å². The maximum Gasteiger partial charge on any atom is 0.319 e. The predicted molar refractivity (Wildman–Crippen MR) is 101 cm³/mol. The molecule has 0 unspecified atom stereocenters. The van der Waals surface area contributed by atoms with Crippen molar-refractivity contribution in [3.63, 3.8) is 0 Å². The van der Waals surface area contributed by atoms with Crippen LogP contribution in [-0.4, -0.2) is 39.1 Å². The van der Waals surface area contributed by atoms with Crippen LogP contribution < -0.4 is 5.32 Å². The molecule has 2 heterocycles. The van der Waals surface area contributed by atoms with Crippen LogP contribution in [0, 0.1) is 0 Å². The van der Waals surface area contributed by atoms with Gasteiger partial charge in [0, 0.05) is 45.4 Å². The molecule has 134 valence electrons. The topological polar surface area (TPSA) is 50.4 Å². The smallest absolute Gasteiger partial charge is 0.319 e. The van der Waals surface area contributed by atoms with Gasteiger partial charge in [-0.2, -0.15) is 8.78 Å². The van der Waals surface area contributed by atoms with Gasteiger partial charge in [-0.15, -0.1) is 24.0 Å². The molecule has 10 heteroatoms. The molecule has 6 nitrogen and oxygen atoms in total. The summed E-state index contributed by atoms with van der Waals surface area (Å²) in [7, 11) is 5.40. The fourth-order valence-corrected chi connectivity index (χ4v) is 2.51. The van der Waals surface area contributed by atoms with E-state index >= 15 is 0 Å².